The van der Waals surface area contributed by atoms with Crippen LogP contribution in [0, 0.1) is 13.8 Å². The zero-order chi connectivity index (χ0) is 14.5. The molecule has 0 amide bonds. The second-order valence-electron chi connectivity index (χ2n) is 4.60. The van der Waals surface area contributed by atoms with Crippen LogP contribution in [0.1, 0.15) is 28.4 Å². The molecule has 0 radical (unpaired) electrons. The first kappa shape index (κ1) is 14.1. The highest BCUT2D eigenvalue weighted by molar-refractivity contribution is 5.91. The molecule has 2 rings (SSSR count). The Morgan fingerprint density at radius 1 is 1.00 bits per heavy atom. The van der Waals surface area contributed by atoms with Gasteiger partial charge in [-0.3, -0.25) is 0 Å². The Balaban J connectivity index is 2.15. The maximum absolute atomic E-state index is 12.1. The van der Waals surface area contributed by atoms with E-state index in [1.807, 2.05) is 39.0 Å². The van der Waals surface area contributed by atoms with Crippen LogP contribution in [0.4, 0.5) is 0 Å². The van der Waals surface area contributed by atoms with Crippen LogP contribution in [0.2, 0.25) is 0 Å². The third-order valence-corrected chi connectivity index (χ3v) is 3.07. The van der Waals surface area contributed by atoms with Gasteiger partial charge in [-0.25, -0.2) is 4.79 Å². The molecule has 3 nitrogen and oxygen atoms in total. The molecule has 20 heavy (non-hydrogen) atoms. The Hall–Kier alpha value is -2.29. The van der Waals surface area contributed by atoms with Crippen LogP contribution in [-0.2, 0) is 0 Å². The molecular weight excluding hydrogens is 252 g/mol. The predicted octanol–water partition coefficient (Wildman–Crippen LogP) is 3.92. The van der Waals surface area contributed by atoms with E-state index in [1.54, 1.807) is 24.3 Å². The minimum atomic E-state index is -0.380. The first-order chi connectivity index (χ1) is 9.60. The fourth-order valence-electron chi connectivity index (χ4n) is 1.82. The summed E-state index contributed by atoms with van der Waals surface area (Å²) in [5.41, 5.74) is 2.75. The number of carbonyl (C=O) groups is 1. The van der Waals surface area contributed by atoms with E-state index < -0.39 is 0 Å². The van der Waals surface area contributed by atoms with Gasteiger partial charge in [0.15, 0.2) is 0 Å². The summed E-state index contributed by atoms with van der Waals surface area (Å²) in [4.78, 5) is 12.1. The van der Waals surface area contributed by atoms with Crippen molar-refractivity contribution in [2.45, 2.75) is 20.8 Å². The van der Waals surface area contributed by atoms with E-state index in [-0.39, 0.29) is 5.97 Å². The van der Waals surface area contributed by atoms with E-state index in [9.17, 15) is 4.79 Å². The van der Waals surface area contributed by atoms with Crippen molar-refractivity contribution in [3.05, 3.63) is 59.2 Å². The number of ether oxygens (including phenoxy) is 2. The molecule has 0 fully saturated rings. The van der Waals surface area contributed by atoms with E-state index in [4.69, 9.17) is 9.47 Å². The number of benzene rings is 2. The smallest absolute Gasteiger partial charge is 0.343 e. The van der Waals surface area contributed by atoms with Crippen molar-refractivity contribution in [2.24, 2.45) is 0 Å². The van der Waals surface area contributed by atoms with Crippen molar-refractivity contribution in [3.63, 3.8) is 0 Å². The van der Waals surface area contributed by atoms with Gasteiger partial charge in [0, 0.05) is 0 Å². The average molecular weight is 270 g/mol. The summed E-state index contributed by atoms with van der Waals surface area (Å²) in [5, 5.41) is 0. The van der Waals surface area contributed by atoms with E-state index in [1.165, 1.54) is 5.56 Å². The molecule has 0 aromatic heterocycles. The van der Waals surface area contributed by atoms with Gasteiger partial charge in [0.05, 0.1) is 12.2 Å². The molecule has 0 spiro atoms. The molecule has 0 aliphatic rings. The van der Waals surface area contributed by atoms with Gasteiger partial charge in [-0.2, -0.15) is 0 Å². The summed E-state index contributed by atoms with van der Waals surface area (Å²) in [6, 6.07) is 12.6. The maximum Gasteiger partial charge on any atom is 0.343 e. The number of carbonyl (C=O) groups excluding carboxylic acids is 1. The monoisotopic (exact) mass is 270 g/mol. The summed E-state index contributed by atoms with van der Waals surface area (Å²) in [7, 11) is 0. The number of hydrogen-bond acceptors (Lipinski definition) is 3. The molecular formula is C17H18O3. The van der Waals surface area contributed by atoms with Crippen molar-refractivity contribution in [1.82, 2.24) is 0 Å². The molecule has 2 aromatic rings. The molecule has 3 heteroatoms. The van der Waals surface area contributed by atoms with Gasteiger partial charge in [0.2, 0.25) is 0 Å². The van der Waals surface area contributed by atoms with Crippen LogP contribution in [0.15, 0.2) is 42.5 Å². The van der Waals surface area contributed by atoms with Crippen LogP contribution in [-0.4, -0.2) is 12.6 Å². The van der Waals surface area contributed by atoms with Crippen molar-refractivity contribution in [3.8, 4) is 11.5 Å². The maximum atomic E-state index is 12.1. The summed E-state index contributed by atoms with van der Waals surface area (Å²) in [6.45, 7) is 6.48. The summed E-state index contributed by atoms with van der Waals surface area (Å²) >= 11 is 0. The van der Waals surface area contributed by atoms with Crippen LogP contribution in [0.3, 0.4) is 0 Å². The van der Waals surface area contributed by atoms with Crippen LogP contribution in [0.5, 0.6) is 11.5 Å². The number of aryl methyl sites for hydroxylation is 2. The van der Waals surface area contributed by atoms with Crippen LogP contribution < -0.4 is 9.47 Å². The second-order valence-corrected chi connectivity index (χ2v) is 4.60. The lowest BCUT2D eigenvalue weighted by Gasteiger charge is -2.08. The molecule has 0 saturated carbocycles. The first-order valence-electron chi connectivity index (χ1n) is 6.62. The third kappa shape index (κ3) is 3.38. The molecule has 0 N–H and O–H groups in total. The van der Waals surface area contributed by atoms with Gasteiger partial charge >= 0.3 is 5.97 Å². The Morgan fingerprint density at radius 2 is 1.80 bits per heavy atom. The molecule has 0 atom stereocenters. The summed E-state index contributed by atoms with van der Waals surface area (Å²) in [5.74, 6) is 0.844. The highest BCUT2D eigenvalue weighted by atomic mass is 16.5. The van der Waals surface area contributed by atoms with E-state index in [0.717, 1.165) is 5.56 Å². The van der Waals surface area contributed by atoms with E-state index in [2.05, 4.69) is 0 Å². The fraction of sp³-hybridized carbons (Fsp3) is 0.235. The quantitative estimate of drug-likeness (QED) is 0.624. The molecule has 104 valence electrons. The Kier molecular flexibility index (Phi) is 4.41. The van der Waals surface area contributed by atoms with Crippen LogP contribution >= 0.6 is 0 Å². The Morgan fingerprint density at radius 3 is 2.50 bits per heavy atom. The van der Waals surface area contributed by atoms with E-state index in [0.29, 0.717) is 23.7 Å². The summed E-state index contributed by atoms with van der Waals surface area (Å²) in [6.07, 6.45) is 0. The number of rotatable bonds is 4. The van der Waals surface area contributed by atoms with Crippen molar-refractivity contribution >= 4 is 5.97 Å². The van der Waals surface area contributed by atoms with Crippen molar-refractivity contribution < 1.29 is 14.3 Å². The van der Waals surface area contributed by atoms with Gasteiger partial charge in [-0.1, -0.05) is 12.1 Å². The number of esters is 1. The number of hydrogen-bond donors (Lipinski definition) is 0. The SMILES string of the molecule is CCOc1cccc(C(=O)Oc2ccc(C)c(C)c2)c1. The standard InChI is InChI=1S/C17H18O3/c1-4-19-15-7-5-6-14(11-15)17(18)20-16-9-8-12(2)13(3)10-16/h5-11H,4H2,1-3H3. The zero-order valence-corrected chi connectivity index (χ0v) is 12.0. The third-order valence-electron chi connectivity index (χ3n) is 3.07. The average Bonchev–Trinajstić information content (AvgIpc) is 2.43. The topological polar surface area (TPSA) is 35.5 Å². The minimum absolute atomic E-state index is 0.380. The van der Waals surface area contributed by atoms with E-state index >= 15 is 0 Å². The Bertz CT molecular complexity index is 617. The predicted molar refractivity (Wildman–Crippen MR) is 78.5 cm³/mol. The molecule has 0 aliphatic heterocycles. The lowest BCUT2D eigenvalue weighted by atomic mass is 10.1. The van der Waals surface area contributed by atoms with Gasteiger partial charge in [-0.05, 0) is 62.2 Å². The lowest BCUT2D eigenvalue weighted by molar-refractivity contribution is 0.0734. The zero-order valence-electron chi connectivity index (χ0n) is 12.0. The van der Waals surface area contributed by atoms with Gasteiger partial charge in [-0.15, -0.1) is 0 Å². The first-order valence-corrected chi connectivity index (χ1v) is 6.62. The normalized spacial score (nSPS) is 10.2. The molecule has 0 unspecified atom stereocenters. The highest BCUT2D eigenvalue weighted by Crippen LogP contribution is 2.19. The van der Waals surface area contributed by atoms with Gasteiger partial charge < -0.3 is 9.47 Å². The molecule has 0 heterocycles. The largest absolute Gasteiger partial charge is 0.494 e. The molecule has 0 saturated heterocycles. The lowest BCUT2D eigenvalue weighted by Crippen LogP contribution is -2.09. The van der Waals surface area contributed by atoms with Gasteiger partial charge in [0.25, 0.3) is 0 Å². The van der Waals surface area contributed by atoms with Gasteiger partial charge in [0.1, 0.15) is 11.5 Å². The Labute approximate surface area is 119 Å². The molecule has 0 bridgehead atoms. The minimum Gasteiger partial charge on any atom is -0.494 e. The fourth-order valence-corrected chi connectivity index (χ4v) is 1.82. The molecule has 0 aliphatic carbocycles. The van der Waals surface area contributed by atoms with Crippen molar-refractivity contribution in [1.29, 1.82) is 0 Å². The molecule has 2 aromatic carbocycles. The van der Waals surface area contributed by atoms with Crippen LogP contribution in [0.25, 0.3) is 0 Å². The highest BCUT2D eigenvalue weighted by Gasteiger charge is 2.10. The second kappa shape index (κ2) is 6.24. The summed E-state index contributed by atoms with van der Waals surface area (Å²) < 4.78 is 10.7. The van der Waals surface area contributed by atoms with Crippen molar-refractivity contribution in [2.75, 3.05) is 6.61 Å².